The van der Waals surface area contributed by atoms with Gasteiger partial charge in [-0.2, -0.15) is 0 Å². The number of aryl methyl sites for hydroxylation is 2. The lowest BCUT2D eigenvalue weighted by Crippen LogP contribution is -2.08. The van der Waals surface area contributed by atoms with Gasteiger partial charge in [0.05, 0.1) is 0 Å². The fourth-order valence-electron chi connectivity index (χ4n) is 2.94. The maximum atomic E-state index is 4.84. The minimum absolute atomic E-state index is 0.871. The number of nitrogens with one attached hydrogen (secondary N) is 1. The van der Waals surface area contributed by atoms with Crippen molar-refractivity contribution in [3.63, 3.8) is 0 Å². The van der Waals surface area contributed by atoms with Crippen LogP contribution >= 0.6 is 0 Å². The van der Waals surface area contributed by atoms with Gasteiger partial charge in [0.25, 0.3) is 0 Å². The van der Waals surface area contributed by atoms with Crippen LogP contribution in [0, 0.1) is 13.8 Å². The van der Waals surface area contributed by atoms with Crippen molar-refractivity contribution in [1.82, 2.24) is 9.97 Å². The van der Waals surface area contributed by atoms with E-state index in [1.165, 1.54) is 28.8 Å². The Bertz CT molecular complexity index is 662. The Labute approximate surface area is 126 Å². The summed E-state index contributed by atoms with van der Waals surface area (Å²) in [6, 6.07) is 6.36. The van der Waals surface area contributed by atoms with Crippen molar-refractivity contribution in [3.05, 3.63) is 40.6 Å². The fourth-order valence-corrected chi connectivity index (χ4v) is 2.94. The van der Waals surface area contributed by atoms with E-state index in [9.17, 15) is 0 Å². The van der Waals surface area contributed by atoms with Gasteiger partial charge in [-0.1, -0.05) is 25.1 Å². The molecule has 1 aromatic carbocycles. The Kier molecular flexibility index (Phi) is 3.91. The summed E-state index contributed by atoms with van der Waals surface area (Å²) in [5.74, 6) is 1.92. The molecule has 3 nitrogen and oxygen atoms in total. The molecule has 3 rings (SSSR count). The Hall–Kier alpha value is -1.90. The van der Waals surface area contributed by atoms with E-state index in [2.05, 4.69) is 44.3 Å². The molecular formula is C18H23N3. The maximum absolute atomic E-state index is 4.84. The second-order valence-corrected chi connectivity index (χ2v) is 5.85. The Morgan fingerprint density at radius 3 is 2.81 bits per heavy atom. The van der Waals surface area contributed by atoms with Gasteiger partial charge in [-0.3, -0.25) is 0 Å². The molecule has 110 valence electrons. The van der Waals surface area contributed by atoms with E-state index in [0.29, 0.717) is 0 Å². The van der Waals surface area contributed by atoms with E-state index in [1.54, 1.807) is 0 Å². The number of rotatable bonds is 4. The zero-order valence-corrected chi connectivity index (χ0v) is 13.2. The molecule has 0 radical (unpaired) electrons. The van der Waals surface area contributed by atoms with Gasteiger partial charge in [0.1, 0.15) is 5.82 Å². The van der Waals surface area contributed by atoms with Crippen LogP contribution in [0.15, 0.2) is 18.2 Å². The molecule has 3 heteroatoms. The van der Waals surface area contributed by atoms with E-state index < -0.39 is 0 Å². The van der Waals surface area contributed by atoms with Crippen LogP contribution in [0.5, 0.6) is 0 Å². The first kappa shape index (κ1) is 14.1. The highest BCUT2D eigenvalue weighted by Crippen LogP contribution is 2.30. The average molecular weight is 281 g/mol. The molecule has 0 aliphatic heterocycles. The molecular weight excluding hydrogens is 258 g/mol. The van der Waals surface area contributed by atoms with Crippen molar-refractivity contribution in [2.24, 2.45) is 0 Å². The van der Waals surface area contributed by atoms with Crippen LogP contribution in [0.25, 0.3) is 11.4 Å². The number of fused-ring (bicyclic) bond motifs is 1. The van der Waals surface area contributed by atoms with Gasteiger partial charge >= 0.3 is 0 Å². The van der Waals surface area contributed by atoms with Crippen LogP contribution in [-0.2, 0) is 12.8 Å². The van der Waals surface area contributed by atoms with Crippen molar-refractivity contribution in [2.75, 3.05) is 11.9 Å². The molecule has 0 bridgehead atoms. The smallest absolute Gasteiger partial charge is 0.162 e. The van der Waals surface area contributed by atoms with Crippen molar-refractivity contribution in [3.8, 4) is 11.4 Å². The maximum Gasteiger partial charge on any atom is 0.162 e. The summed E-state index contributed by atoms with van der Waals surface area (Å²) in [5.41, 5.74) is 6.29. The quantitative estimate of drug-likeness (QED) is 0.918. The van der Waals surface area contributed by atoms with Gasteiger partial charge in [-0.15, -0.1) is 0 Å². The zero-order valence-electron chi connectivity index (χ0n) is 13.2. The largest absolute Gasteiger partial charge is 0.370 e. The van der Waals surface area contributed by atoms with E-state index in [0.717, 1.165) is 43.0 Å². The molecule has 0 unspecified atom stereocenters. The molecule has 0 atom stereocenters. The third-order valence-corrected chi connectivity index (χ3v) is 4.32. The first-order valence-electron chi connectivity index (χ1n) is 7.91. The van der Waals surface area contributed by atoms with Crippen LogP contribution in [0.1, 0.15) is 42.1 Å². The lowest BCUT2D eigenvalue weighted by Gasteiger charge is -2.13. The third kappa shape index (κ3) is 2.65. The molecule has 1 aliphatic rings. The Morgan fingerprint density at radius 1 is 1.14 bits per heavy atom. The second kappa shape index (κ2) is 5.84. The minimum atomic E-state index is 0.871. The number of hydrogen-bond donors (Lipinski definition) is 1. The summed E-state index contributed by atoms with van der Waals surface area (Å²) >= 11 is 0. The Morgan fingerprint density at radius 2 is 2.00 bits per heavy atom. The Balaban J connectivity index is 2.09. The number of anilines is 1. The van der Waals surface area contributed by atoms with E-state index in [4.69, 9.17) is 9.97 Å². The summed E-state index contributed by atoms with van der Waals surface area (Å²) in [5, 5.41) is 3.49. The van der Waals surface area contributed by atoms with Crippen molar-refractivity contribution >= 4 is 5.82 Å². The first-order valence-corrected chi connectivity index (χ1v) is 7.91. The number of hydrogen-bond acceptors (Lipinski definition) is 3. The lowest BCUT2D eigenvalue weighted by molar-refractivity contribution is 0.899. The molecule has 1 N–H and O–H groups in total. The first-order chi connectivity index (χ1) is 10.2. The standard InChI is InChI=1S/C18H23N3/c1-4-11-19-17-15-9-6-10-16(15)20-18(21-17)14-8-5-7-12(2)13(14)3/h5,7-8H,4,6,9-11H2,1-3H3,(H,19,20,21). The third-order valence-electron chi connectivity index (χ3n) is 4.32. The van der Waals surface area contributed by atoms with Gasteiger partial charge in [0.2, 0.25) is 0 Å². The van der Waals surface area contributed by atoms with Gasteiger partial charge in [0.15, 0.2) is 5.82 Å². The minimum Gasteiger partial charge on any atom is -0.370 e. The van der Waals surface area contributed by atoms with Crippen LogP contribution in [0.2, 0.25) is 0 Å². The normalized spacial score (nSPS) is 13.3. The van der Waals surface area contributed by atoms with Crippen LogP contribution in [0.3, 0.4) is 0 Å². The topological polar surface area (TPSA) is 37.8 Å². The highest BCUT2D eigenvalue weighted by Gasteiger charge is 2.20. The summed E-state index contributed by atoms with van der Waals surface area (Å²) < 4.78 is 0. The number of benzene rings is 1. The highest BCUT2D eigenvalue weighted by molar-refractivity contribution is 5.65. The molecule has 1 heterocycles. The zero-order chi connectivity index (χ0) is 14.8. The monoisotopic (exact) mass is 281 g/mol. The highest BCUT2D eigenvalue weighted by atomic mass is 15.0. The van der Waals surface area contributed by atoms with Gasteiger partial charge in [-0.25, -0.2) is 9.97 Å². The molecule has 1 aliphatic carbocycles. The predicted octanol–water partition coefficient (Wildman–Crippen LogP) is 4.07. The molecule has 0 amide bonds. The van der Waals surface area contributed by atoms with Crippen LogP contribution in [-0.4, -0.2) is 16.5 Å². The van der Waals surface area contributed by atoms with Crippen molar-refractivity contribution < 1.29 is 0 Å². The molecule has 0 fully saturated rings. The summed E-state index contributed by atoms with van der Waals surface area (Å²) in [6.07, 6.45) is 4.49. The number of aromatic nitrogens is 2. The lowest BCUT2D eigenvalue weighted by atomic mass is 10.0. The molecule has 21 heavy (non-hydrogen) atoms. The molecule has 2 aromatic rings. The summed E-state index contributed by atoms with van der Waals surface area (Å²) in [7, 11) is 0. The van der Waals surface area contributed by atoms with E-state index in [1.807, 2.05) is 0 Å². The fraction of sp³-hybridized carbons (Fsp3) is 0.444. The number of nitrogens with zero attached hydrogens (tertiary/aromatic N) is 2. The van der Waals surface area contributed by atoms with Crippen LogP contribution in [0.4, 0.5) is 5.82 Å². The van der Waals surface area contributed by atoms with Gasteiger partial charge in [-0.05, 0) is 50.7 Å². The predicted molar refractivity (Wildman–Crippen MR) is 87.7 cm³/mol. The van der Waals surface area contributed by atoms with Crippen molar-refractivity contribution in [2.45, 2.75) is 46.5 Å². The molecule has 0 spiro atoms. The van der Waals surface area contributed by atoms with Crippen LogP contribution < -0.4 is 5.32 Å². The molecule has 1 aromatic heterocycles. The van der Waals surface area contributed by atoms with Crippen molar-refractivity contribution in [1.29, 1.82) is 0 Å². The average Bonchev–Trinajstić information content (AvgIpc) is 2.96. The summed E-state index contributed by atoms with van der Waals surface area (Å²) in [6.45, 7) is 7.44. The van der Waals surface area contributed by atoms with E-state index in [-0.39, 0.29) is 0 Å². The van der Waals surface area contributed by atoms with Gasteiger partial charge in [0, 0.05) is 23.4 Å². The van der Waals surface area contributed by atoms with Gasteiger partial charge < -0.3 is 5.32 Å². The SMILES string of the molecule is CCCNc1nc(-c2cccc(C)c2C)nc2c1CCC2. The molecule has 0 saturated carbocycles. The summed E-state index contributed by atoms with van der Waals surface area (Å²) in [4.78, 5) is 9.67. The second-order valence-electron chi connectivity index (χ2n) is 5.85. The van der Waals surface area contributed by atoms with E-state index >= 15 is 0 Å². The molecule has 0 saturated heterocycles.